The van der Waals surface area contributed by atoms with E-state index in [4.69, 9.17) is 10.5 Å². The first kappa shape index (κ1) is 21.6. The predicted octanol–water partition coefficient (Wildman–Crippen LogP) is 3.03. The summed E-state index contributed by atoms with van der Waals surface area (Å²) >= 11 is 0. The Balaban J connectivity index is 1.33. The van der Waals surface area contributed by atoms with Gasteiger partial charge < -0.3 is 26.0 Å². The van der Waals surface area contributed by atoms with Gasteiger partial charge in [0.05, 0.1) is 24.6 Å². The van der Waals surface area contributed by atoms with Gasteiger partial charge in [0.1, 0.15) is 0 Å². The molecule has 0 aliphatic carbocycles. The number of ether oxygens (including phenoxy) is 1. The summed E-state index contributed by atoms with van der Waals surface area (Å²) in [5, 5.41) is 5.79. The SMILES string of the molecule is Nc1ccccc1NC(=O)CCCCCNC(=O)c1cccc(N2CCOCC2)c1. The molecule has 1 saturated heterocycles. The molecule has 2 amide bonds. The molecule has 160 valence electrons. The maximum atomic E-state index is 12.4. The topological polar surface area (TPSA) is 96.7 Å². The fraction of sp³-hybridized carbons (Fsp3) is 0.391. The fourth-order valence-corrected chi connectivity index (χ4v) is 3.38. The molecule has 0 saturated carbocycles. The molecule has 1 fully saturated rings. The summed E-state index contributed by atoms with van der Waals surface area (Å²) in [5.41, 5.74) is 8.75. The van der Waals surface area contributed by atoms with Gasteiger partial charge >= 0.3 is 0 Å². The lowest BCUT2D eigenvalue weighted by atomic mass is 10.1. The summed E-state index contributed by atoms with van der Waals surface area (Å²) in [6.45, 7) is 3.71. The van der Waals surface area contributed by atoms with E-state index in [2.05, 4.69) is 15.5 Å². The van der Waals surface area contributed by atoms with Crippen LogP contribution < -0.4 is 21.3 Å². The van der Waals surface area contributed by atoms with Crippen molar-refractivity contribution in [1.29, 1.82) is 0 Å². The Kier molecular flexibility index (Phi) is 8.09. The Morgan fingerprint density at radius 1 is 1.00 bits per heavy atom. The normalized spacial score (nSPS) is 13.7. The Morgan fingerprint density at radius 2 is 1.80 bits per heavy atom. The van der Waals surface area contributed by atoms with Crippen molar-refractivity contribution in [3.05, 3.63) is 54.1 Å². The van der Waals surface area contributed by atoms with Crippen LogP contribution in [0.3, 0.4) is 0 Å². The summed E-state index contributed by atoms with van der Waals surface area (Å²) in [5.74, 6) is -0.112. The van der Waals surface area contributed by atoms with Crippen LogP contribution in [0.25, 0.3) is 0 Å². The van der Waals surface area contributed by atoms with Crippen LogP contribution >= 0.6 is 0 Å². The monoisotopic (exact) mass is 410 g/mol. The first-order chi connectivity index (χ1) is 14.6. The maximum absolute atomic E-state index is 12.4. The molecule has 7 nitrogen and oxygen atoms in total. The highest BCUT2D eigenvalue weighted by molar-refractivity contribution is 5.95. The number of morpholine rings is 1. The summed E-state index contributed by atoms with van der Waals surface area (Å²) in [6, 6.07) is 14.9. The van der Waals surface area contributed by atoms with E-state index in [1.165, 1.54) is 0 Å². The Hall–Kier alpha value is -3.06. The van der Waals surface area contributed by atoms with E-state index in [0.717, 1.165) is 38.0 Å². The van der Waals surface area contributed by atoms with E-state index < -0.39 is 0 Å². The molecular weight excluding hydrogens is 380 g/mol. The van der Waals surface area contributed by atoms with Gasteiger partial charge in [-0.1, -0.05) is 24.6 Å². The van der Waals surface area contributed by atoms with Crippen molar-refractivity contribution < 1.29 is 14.3 Å². The number of nitrogen functional groups attached to an aromatic ring is 1. The first-order valence-corrected chi connectivity index (χ1v) is 10.5. The third-order valence-corrected chi connectivity index (χ3v) is 5.09. The highest BCUT2D eigenvalue weighted by Crippen LogP contribution is 2.18. The van der Waals surface area contributed by atoms with Crippen molar-refractivity contribution in [1.82, 2.24) is 5.32 Å². The molecule has 3 rings (SSSR count). The minimum Gasteiger partial charge on any atom is -0.397 e. The van der Waals surface area contributed by atoms with Crippen molar-refractivity contribution in [3.63, 3.8) is 0 Å². The lowest BCUT2D eigenvalue weighted by molar-refractivity contribution is -0.116. The van der Waals surface area contributed by atoms with Crippen molar-refractivity contribution in [2.45, 2.75) is 25.7 Å². The van der Waals surface area contributed by atoms with Crippen LogP contribution in [0.5, 0.6) is 0 Å². The molecule has 0 aromatic heterocycles. The second kappa shape index (κ2) is 11.2. The molecule has 0 radical (unpaired) electrons. The van der Waals surface area contributed by atoms with Crippen LogP contribution in [0, 0.1) is 0 Å². The number of hydrogen-bond acceptors (Lipinski definition) is 5. The van der Waals surface area contributed by atoms with E-state index in [0.29, 0.717) is 43.1 Å². The highest BCUT2D eigenvalue weighted by atomic mass is 16.5. The molecule has 0 unspecified atom stereocenters. The second-order valence-corrected chi connectivity index (χ2v) is 7.35. The third kappa shape index (κ3) is 6.49. The number of hydrogen-bond donors (Lipinski definition) is 3. The molecular formula is C23H30N4O3. The number of carbonyl (C=O) groups is 2. The van der Waals surface area contributed by atoms with E-state index in [1.807, 2.05) is 36.4 Å². The molecule has 1 aliphatic heterocycles. The van der Waals surface area contributed by atoms with Gasteiger partial charge in [-0.3, -0.25) is 9.59 Å². The molecule has 0 spiro atoms. The van der Waals surface area contributed by atoms with Gasteiger partial charge in [0.2, 0.25) is 5.91 Å². The number of amides is 2. The summed E-state index contributed by atoms with van der Waals surface area (Å²) in [6.07, 6.45) is 2.90. The predicted molar refractivity (Wildman–Crippen MR) is 120 cm³/mol. The number of nitrogens with one attached hydrogen (secondary N) is 2. The number of para-hydroxylation sites is 2. The molecule has 7 heteroatoms. The second-order valence-electron chi connectivity index (χ2n) is 7.35. The van der Waals surface area contributed by atoms with Gasteiger partial charge in [0.15, 0.2) is 0 Å². The zero-order valence-corrected chi connectivity index (χ0v) is 17.2. The Labute approximate surface area is 177 Å². The number of rotatable bonds is 9. The van der Waals surface area contributed by atoms with E-state index in [9.17, 15) is 9.59 Å². The van der Waals surface area contributed by atoms with E-state index >= 15 is 0 Å². The lowest BCUT2D eigenvalue weighted by Gasteiger charge is -2.29. The molecule has 4 N–H and O–H groups in total. The third-order valence-electron chi connectivity index (χ3n) is 5.09. The standard InChI is InChI=1S/C23H30N4O3/c24-20-9-3-4-10-21(20)26-22(28)11-2-1-5-12-25-23(29)18-7-6-8-19(17-18)27-13-15-30-16-14-27/h3-4,6-10,17H,1-2,5,11-16,24H2,(H,25,29)(H,26,28). The van der Waals surface area contributed by atoms with E-state index in [1.54, 1.807) is 12.1 Å². The molecule has 2 aromatic rings. The van der Waals surface area contributed by atoms with Crippen LogP contribution in [0.15, 0.2) is 48.5 Å². The Morgan fingerprint density at radius 3 is 2.60 bits per heavy atom. The average Bonchev–Trinajstić information content (AvgIpc) is 2.78. The first-order valence-electron chi connectivity index (χ1n) is 10.5. The molecule has 0 bridgehead atoms. The summed E-state index contributed by atoms with van der Waals surface area (Å²) in [4.78, 5) is 26.7. The number of nitrogens with zero attached hydrogens (tertiary/aromatic N) is 1. The lowest BCUT2D eigenvalue weighted by Crippen LogP contribution is -2.36. The van der Waals surface area contributed by atoms with Gasteiger partial charge in [0, 0.05) is 37.3 Å². The number of unbranched alkanes of at least 4 members (excludes halogenated alkanes) is 2. The quantitative estimate of drug-likeness (QED) is 0.436. The number of benzene rings is 2. The minimum atomic E-state index is -0.0672. The average molecular weight is 411 g/mol. The van der Waals surface area contributed by atoms with Crippen LogP contribution in [0.1, 0.15) is 36.0 Å². The highest BCUT2D eigenvalue weighted by Gasteiger charge is 2.13. The Bertz CT molecular complexity index is 850. The summed E-state index contributed by atoms with van der Waals surface area (Å²) < 4.78 is 5.38. The van der Waals surface area contributed by atoms with Gasteiger partial charge in [-0.15, -0.1) is 0 Å². The summed E-state index contributed by atoms with van der Waals surface area (Å²) in [7, 11) is 0. The number of anilines is 3. The molecule has 1 aliphatic rings. The van der Waals surface area contributed by atoms with Crippen LogP contribution in [-0.2, 0) is 9.53 Å². The number of carbonyl (C=O) groups excluding carboxylic acids is 2. The van der Waals surface area contributed by atoms with Crippen LogP contribution in [0.4, 0.5) is 17.1 Å². The van der Waals surface area contributed by atoms with E-state index in [-0.39, 0.29) is 11.8 Å². The molecule has 30 heavy (non-hydrogen) atoms. The largest absolute Gasteiger partial charge is 0.397 e. The van der Waals surface area contributed by atoms with Crippen molar-refractivity contribution in [3.8, 4) is 0 Å². The van der Waals surface area contributed by atoms with Gasteiger partial charge in [-0.05, 0) is 43.2 Å². The maximum Gasteiger partial charge on any atom is 0.251 e. The van der Waals surface area contributed by atoms with Gasteiger partial charge in [-0.2, -0.15) is 0 Å². The van der Waals surface area contributed by atoms with Crippen LogP contribution in [0.2, 0.25) is 0 Å². The zero-order chi connectivity index (χ0) is 21.2. The van der Waals surface area contributed by atoms with Crippen LogP contribution in [-0.4, -0.2) is 44.7 Å². The smallest absolute Gasteiger partial charge is 0.251 e. The fourth-order valence-electron chi connectivity index (χ4n) is 3.38. The van der Waals surface area contributed by atoms with Crippen molar-refractivity contribution >= 4 is 28.9 Å². The van der Waals surface area contributed by atoms with Crippen molar-refractivity contribution in [2.75, 3.05) is 48.8 Å². The zero-order valence-electron chi connectivity index (χ0n) is 17.2. The van der Waals surface area contributed by atoms with Gasteiger partial charge in [-0.25, -0.2) is 0 Å². The minimum absolute atomic E-state index is 0.0446. The molecule has 1 heterocycles. The number of nitrogens with two attached hydrogens (primary N) is 1. The molecule has 0 atom stereocenters. The van der Waals surface area contributed by atoms with Gasteiger partial charge in [0.25, 0.3) is 5.91 Å². The molecule has 2 aromatic carbocycles. The van der Waals surface area contributed by atoms with Crippen molar-refractivity contribution in [2.24, 2.45) is 0 Å².